The van der Waals surface area contributed by atoms with E-state index in [2.05, 4.69) is 0 Å². The lowest BCUT2D eigenvalue weighted by atomic mass is 10.3. The molecule has 1 unspecified atom stereocenters. The van der Waals surface area contributed by atoms with Crippen molar-refractivity contribution in [1.29, 1.82) is 0 Å². The number of thiophene rings is 1. The predicted octanol–water partition coefficient (Wildman–Crippen LogP) is 3.13. The van der Waals surface area contributed by atoms with Gasteiger partial charge in [0.05, 0.1) is 0 Å². The van der Waals surface area contributed by atoms with Gasteiger partial charge in [0, 0.05) is 17.9 Å². The minimum atomic E-state index is -1.86. The van der Waals surface area contributed by atoms with Gasteiger partial charge >= 0.3 is 5.97 Å². The van der Waals surface area contributed by atoms with Gasteiger partial charge in [-0.2, -0.15) is 8.78 Å². The first-order valence-electron chi connectivity index (χ1n) is 3.83. The highest BCUT2D eigenvalue weighted by molar-refractivity contribution is 7.10. The van der Waals surface area contributed by atoms with Crippen LogP contribution in [-0.4, -0.2) is 5.97 Å². The number of halogens is 2. The van der Waals surface area contributed by atoms with Crippen molar-refractivity contribution >= 4 is 17.3 Å². The Morgan fingerprint density at radius 2 is 2.36 bits per heavy atom. The van der Waals surface area contributed by atoms with Gasteiger partial charge in [-0.3, -0.25) is 4.79 Å². The van der Waals surface area contributed by atoms with Gasteiger partial charge in [-0.05, 0) is 11.4 Å². The number of carbonyl (C=O) groups excluding carboxylic acids is 1. The van der Waals surface area contributed by atoms with Crippen molar-refractivity contribution in [3.05, 3.63) is 34.5 Å². The molecule has 0 aliphatic carbocycles. The maximum atomic E-state index is 12.0. The van der Waals surface area contributed by atoms with Crippen LogP contribution in [0.15, 0.2) is 29.7 Å². The van der Waals surface area contributed by atoms with Gasteiger partial charge in [0.2, 0.25) is 0 Å². The molecule has 0 spiro atoms. The Labute approximate surface area is 83.8 Å². The molecule has 5 heteroatoms. The predicted molar refractivity (Wildman–Crippen MR) is 49.1 cm³/mol. The highest BCUT2D eigenvalue weighted by Gasteiger charge is 2.14. The summed E-state index contributed by atoms with van der Waals surface area (Å²) in [5.74, 6) is -0.582. The summed E-state index contributed by atoms with van der Waals surface area (Å²) >= 11 is 1.26. The highest BCUT2D eigenvalue weighted by Crippen LogP contribution is 2.25. The molecule has 0 aliphatic rings. The summed E-state index contributed by atoms with van der Waals surface area (Å²) in [5, 5.41) is 1.73. The Balaban J connectivity index is 2.83. The summed E-state index contributed by atoms with van der Waals surface area (Å²) in [6.45, 7) is 1.19. The molecule has 0 aliphatic heterocycles. The molecule has 0 N–H and O–H groups in total. The van der Waals surface area contributed by atoms with E-state index in [1.165, 1.54) is 18.3 Å². The fourth-order valence-corrected chi connectivity index (χ4v) is 1.64. The molecule has 0 saturated carbocycles. The van der Waals surface area contributed by atoms with Crippen LogP contribution in [0, 0.1) is 0 Å². The zero-order valence-corrected chi connectivity index (χ0v) is 8.18. The van der Waals surface area contributed by atoms with Crippen LogP contribution in [0.4, 0.5) is 8.78 Å². The van der Waals surface area contributed by atoms with E-state index in [0.717, 1.165) is 0 Å². The normalized spacial score (nSPS) is 11.9. The smallest absolute Gasteiger partial charge is 0.303 e. The van der Waals surface area contributed by atoms with E-state index in [4.69, 9.17) is 4.74 Å². The number of rotatable bonds is 3. The standard InChI is InChI=1S/C9H8F2O2S/c1-6(12)13-7(5-9(10)11)8-3-2-4-14-8/h2-5,7H,1H3. The monoisotopic (exact) mass is 218 g/mol. The van der Waals surface area contributed by atoms with Gasteiger partial charge in [0.1, 0.15) is 0 Å². The maximum Gasteiger partial charge on any atom is 0.303 e. The molecular formula is C9H8F2O2S. The van der Waals surface area contributed by atoms with Crippen molar-refractivity contribution < 1.29 is 18.3 Å². The molecule has 2 nitrogen and oxygen atoms in total. The third-order valence-electron chi connectivity index (χ3n) is 1.39. The average molecular weight is 218 g/mol. The molecule has 1 rings (SSSR count). The topological polar surface area (TPSA) is 26.3 Å². The van der Waals surface area contributed by atoms with Gasteiger partial charge in [-0.1, -0.05) is 6.07 Å². The van der Waals surface area contributed by atoms with Crippen molar-refractivity contribution in [1.82, 2.24) is 0 Å². The summed E-state index contributed by atoms with van der Waals surface area (Å²) in [5.41, 5.74) is 0. The van der Waals surface area contributed by atoms with Crippen molar-refractivity contribution in [2.24, 2.45) is 0 Å². The highest BCUT2D eigenvalue weighted by atomic mass is 32.1. The molecule has 0 amide bonds. The van der Waals surface area contributed by atoms with E-state index in [-0.39, 0.29) is 0 Å². The first-order valence-corrected chi connectivity index (χ1v) is 4.71. The molecule has 0 bridgehead atoms. The molecule has 1 atom stereocenters. The van der Waals surface area contributed by atoms with E-state index in [9.17, 15) is 13.6 Å². The Hall–Kier alpha value is -1.23. The fraction of sp³-hybridized carbons (Fsp3) is 0.222. The summed E-state index contributed by atoms with van der Waals surface area (Å²) < 4.78 is 28.7. The van der Waals surface area contributed by atoms with Crippen LogP contribution in [0.2, 0.25) is 0 Å². The molecule has 0 fully saturated rings. The van der Waals surface area contributed by atoms with Crippen molar-refractivity contribution in [2.75, 3.05) is 0 Å². The van der Waals surface area contributed by atoms with E-state index in [0.29, 0.717) is 11.0 Å². The van der Waals surface area contributed by atoms with Crippen LogP contribution in [-0.2, 0) is 9.53 Å². The Kier molecular flexibility index (Phi) is 3.76. The van der Waals surface area contributed by atoms with Crippen molar-refractivity contribution in [2.45, 2.75) is 13.0 Å². The fourth-order valence-electron chi connectivity index (χ4n) is 0.921. The van der Waals surface area contributed by atoms with Crippen LogP contribution in [0.5, 0.6) is 0 Å². The quantitative estimate of drug-likeness (QED) is 0.728. The lowest BCUT2D eigenvalue weighted by molar-refractivity contribution is -0.144. The summed E-state index contributed by atoms with van der Waals surface area (Å²) in [7, 11) is 0. The molecule has 0 saturated heterocycles. The molecule has 1 aromatic heterocycles. The second-order valence-corrected chi connectivity index (χ2v) is 3.48. The van der Waals surface area contributed by atoms with Gasteiger partial charge in [-0.25, -0.2) is 0 Å². The molecule has 0 radical (unpaired) electrons. The first-order chi connectivity index (χ1) is 6.59. The molecular weight excluding hydrogens is 210 g/mol. The number of hydrogen-bond acceptors (Lipinski definition) is 3. The maximum absolute atomic E-state index is 12.0. The molecule has 1 aromatic rings. The third kappa shape index (κ3) is 3.26. The van der Waals surface area contributed by atoms with Crippen LogP contribution in [0.25, 0.3) is 0 Å². The minimum Gasteiger partial charge on any atom is -0.452 e. The summed E-state index contributed by atoms with van der Waals surface area (Å²) in [6.07, 6.45) is -2.21. The molecule has 0 aromatic carbocycles. The van der Waals surface area contributed by atoms with Crippen molar-refractivity contribution in [3.63, 3.8) is 0 Å². The Morgan fingerprint density at radius 3 is 2.79 bits per heavy atom. The molecule has 1 heterocycles. The second-order valence-electron chi connectivity index (χ2n) is 2.50. The zero-order chi connectivity index (χ0) is 10.6. The first kappa shape index (κ1) is 10.8. The summed E-state index contributed by atoms with van der Waals surface area (Å²) in [4.78, 5) is 11.2. The van der Waals surface area contributed by atoms with Crippen LogP contribution in [0.3, 0.4) is 0 Å². The molecule has 14 heavy (non-hydrogen) atoms. The van der Waals surface area contributed by atoms with Gasteiger partial charge in [-0.15, -0.1) is 11.3 Å². The van der Waals surface area contributed by atoms with Gasteiger partial charge < -0.3 is 4.74 Å². The summed E-state index contributed by atoms with van der Waals surface area (Å²) in [6, 6.07) is 3.35. The Morgan fingerprint density at radius 1 is 1.64 bits per heavy atom. The zero-order valence-electron chi connectivity index (χ0n) is 7.37. The largest absolute Gasteiger partial charge is 0.452 e. The number of carbonyl (C=O) groups is 1. The van der Waals surface area contributed by atoms with E-state index in [1.54, 1.807) is 17.5 Å². The Bertz CT molecular complexity index is 329. The third-order valence-corrected chi connectivity index (χ3v) is 2.33. The lowest BCUT2D eigenvalue weighted by Crippen LogP contribution is -2.04. The number of hydrogen-bond donors (Lipinski definition) is 0. The second kappa shape index (κ2) is 4.85. The number of esters is 1. The average Bonchev–Trinajstić information content (AvgIpc) is 2.52. The van der Waals surface area contributed by atoms with Crippen LogP contribution in [0.1, 0.15) is 17.9 Å². The van der Waals surface area contributed by atoms with Crippen molar-refractivity contribution in [3.8, 4) is 0 Å². The van der Waals surface area contributed by atoms with Gasteiger partial charge in [0.25, 0.3) is 6.08 Å². The van der Waals surface area contributed by atoms with E-state index >= 15 is 0 Å². The van der Waals surface area contributed by atoms with E-state index < -0.39 is 18.2 Å². The van der Waals surface area contributed by atoms with Gasteiger partial charge in [0.15, 0.2) is 6.10 Å². The number of ether oxygens (including phenoxy) is 1. The SMILES string of the molecule is CC(=O)OC(C=C(F)F)c1cccs1. The molecule has 76 valence electrons. The van der Waals surface area contributed by atoms with Crippen LogP contribution < -0.4 is 0 Å². The van der Waals surface area contributed by atoms with E-state index in [1.807, 2.05) is 0 Å². The lowest BCUT2D eigenvalue weighted by Gasteiger charge is -2.09. The minimum absolute atomic E-state index is 0.577. The van der Waals surface area contributed by atoms with Crippen LogP contribution >= 0.6 is 11.3 Å².